The van der Waals surface area contributed by atoms with Crippen molar-refractivity contribution in [1.82, 2.24) is 14.9 Å². The second-order valence-corrected chi connectivity index (χ2v) is 5.89. The van der Waals surface area contributed by atoms with E-state index in [4.69, 9.17) is 4.74 Å². The highest BCUT2D eigenvalue weighted by molar-refractivity contribution is 5.80. The molecule has 0 bridgehead atoms. The SMILES string of the molecule is COc1ccc2[nH]c(=O)c(CN(C)CCc3ccccn3)cc2c1. The number of hydrogen-bond donors (Lipinski definition) is 1. The summed E-state index contributed by atoms with van der Waals surface area (Å²) in [7, 11) is 3.65. The average molecular weight is 323 g/mol. The summed E-state index contributed by atoms with van der Waals surface area (Å²) in [6.07, 6.45) is 2.66. The molecule has 0 saturated carbocycles. The van der Waals surface area contributed by atoms with E-state index < -0.39 is 0 Å². The van der Waals surface area contributed by atoms with Crippen LogP contribution in [0.2, 0.25) is 0 Å². The zero-order chi connectivity index (χ0) is 16.9. The minimum Gasteiger partial charge on any atom is -0.497 e. The Balaban J connectivity index is 1.73. The highest BCUT2D eigenvalue weighted by Crippen LogP contribution is 2.19. The zero-order valence-electron chi connectivity index (χ0n) is 14.0. The number of aromatic nitrogens is 2. The van der Waals surface area contributed by atoms with E-state index in [9.17, 15) is 4.79 Å². The summed E-state index contributed by atoms with van der Waals surface area (Å²) in [6, 6.07) is 13.5. The number of nitrogens with one attached hydrogen (secondary N) is 1. The minimum atomic E-state index is -0.0441. The standard InChI is InChI=1S/C19H21N3O2/c1-22(10-8-16-5-3-4-9-20-16)13-15-11-14-12-17(24-2)6-7-18(14)21-19(15)23/h3-7,9,11-12H,8,10,13H2,1-2H3,(H,21,23). The Morgan fingerprint density at radius 2 is 2.08 bits per heavy atom. The van der Waals surface area contributed by atoms with E-state index in [1.807, 2.05) is 49.5 Å². The first kappa shape index (κ1) is 16.2. The molecule has 1 aromatic carbocycles. The lowest BCUT2D eigenvalue weighted by molar-refractivity contribution is 0.329. The fourth-order valence-electron chi connectivity index (χ4n) is 2.70. The lowest BCUT2D eigenvalue weighted by atomic mass is 10.1. The Morgan fingerprint density at radius 3 is 2.83 bits per heavy atom. The number of benzene rings is 1. The number of ether oxygens (including phenoxy) is 1. The van der Waals surface area contributed by atoms with Crippen LogP contribution in [0.3, 0.4) is 0 Å². The van der Waals surface area contributed by atoms with E-state index in [1.54, 1.807) is 13.3 Å². The molecule has 0 spiro atoms. The summed E-state index contributed by atoms with van der Waals surface area (Å²) < 4.78 is 5.25. The fourth-order valence-corrected chi connectivity index (χ4v) is 2.70. The molecule has 0 saturated heterocycles. The van der Waals surface area contributed by atoms with Gasteiger partial charge in [0.1, 0.15) is 5.75 Å². The maximum Gasteiger partial charge on any atom is 0.252 e. The van der Waals surface area contributed by atoms with Crippen molar-refractivity contribution >= 4 is 10.9 Å². The summed E-state index contributed by atoms with van der Waals surface area (Å²) in [5.74, 6) is 0.781. The van der Waals surface area contributed by atoms with Crippen molar-refractivity contribution < 1.29 is 4.74 Å². The van der Waals surface area contributed by atoms with Crippen molar-refractivity contribution in [2.24, 2.45) is 0 Å². The number of fused-ring (bicyclic) bond motifs is 1. The highest BCUT2D eigenvalue weighted by Gasteiger charge is 2.08. The summed E-state index contributed by atoms with van der Waals surface area (Å²) >= 11 is 0. The molecule has 3 rings (SSSR count). The molecule has 0 aliphatic carbocycles. The van der Waals surface area contributed by atoms with Gasteiger partial charge in [0, 0.05) is 47.9 Å². The van der Waals surface area contributed by atoms with Gasteiger partial charge in [0.05, 0.1) is 7.11 Å². The summed E-state index contributed by atoms with van der Waals surface area (Å²) in [5.41, 5.74) is 2.58. The van der Waals surface area contributed by atoms with Crippen LogP contribution in [-0.4, -0.2) is 35.6 Å². The molecule has 5 nitrogen and oxygen atoms in total. The Labute approximate surface area is 140 Å². The van der Waals surface area contributed by atoms with Crippen LogP contribution < -0.4 is 10.3 Å². The Morgan fingerprint density at radius 1 is 1.21 bits per heavy atom. The topological polar surface area (TPSA) is 58.2 Å². The number of likely N-dealkylation sites (N-methyl/N-ethyl adjacent to an activating group) is 1. The second kappa shape index (κ2) is 7.27. The van der Waals surface area contributed by atoms with Crippen molar-refractivity contribution in [2.75, 3.05) is 20.7 Å². The van der Waals surface area contributed by atoms with Gasteiger partial charge in [-0.05, 0) is 43.4 Å². The Kier molecular flexibility index (Phi) is 4.91. The molecule has 0 atom stereocenters. The van der Waals surface area contributed by atoms with E-state index in [2.05, 4.69) is 14.9 Å². The van der Waals surface area contributed by atoms with Crippen LogP contribution in [0.4, 0.5) is 0 Å². The number of aromatic amines is 1. The number of methoxy groups -OCH3 is 1. The van der Waals surface area contributed by atoms with Gasteiger partial charge in [-0.2, -0.15) is 0 Å². The van der Waals surface area contributed by atoms with Crippen LogP contribution in [0.15, 0.2) is 53.5 Å². The van der Waals surface area contributed by atoms with Gasteiger partial charge < -0.3 is 14.6 Å². The molecule has 0 fully saturated rings. The van der Waals surface area contributed by atoms with E-state index in [0.29, 0.717) is 6.54 Å². The maximum absolute atomic E-state index is 12.3. The molecule has 1 N–H and O–H groups in total. The zero-order valence-corrected chi connectivity index (χ0v) is 14.0. The molecule has 0 unspecified atom stereocenters. The Hall–Kier alpha value is -2.66. The van der Waals surface area contributed by atoms with Gasteiger partial charge in [-0.15, -0.1) is 0 Å². The van der Waals surface area contributed by atoms with Crippen molar-refractivity contribution in [2.45, 2.75) is 13.0 Å². The molecular formula is C19H21N3O2. The fraction of sp³-hybridized carbons (Fsp3) is 0.263. The number of hydrogen-bond acceptors (Lipinski definition) is 4. The quantitative estimate of drug-likeness (QED) is 0.757. The third kappa shape index (κ3) is 3.81. The largest absolute Gasteiger partial charge is 0.497 e. The van der Waals surface area contributed by atoms with Crippen molar-refractivity contribution in [1.29, 1.82) is 0 Å². The molecule has 3 aromatic rings. The van der Waals surface area contributed by atoms with Crippen LogP contribution in [0.5, 0.6) is 5.75 Å². The molecule has 2 aromatic heterocycles. The van der Waals surface area contributed by atoms with Crippen molar-refractivity contribution in [3.05, 3.63) is 70.3 Å². The van der Waals surface area contributed by atoms with E-state index >= 15 is 0 Å². The van der Waals surface area contributed by atoms with Gasteiger partial charge in [0.25, 0.3) is 5.56 Å². The number of H-pyrrole nitrogens is 1. The van der Waals surface area contributed by atoms with Crippen molar-refractivity contribution in [3.8, 4) is 5.75 Å². The summed E-state index contributed by atoms with van der Waals surface area (Å²) in [5, 5.41) is 0.974. The number of nitrogens with zero attached hydrogens (tertiary/aromatic N) is 2. The van der Waals surface area contributed by atoms with Gasteiger partial charge in [0.2, 0.25) is 0 Å². The van der Waals surface area contributed by atoms with Crippen LogP contribution >= 0.6 is 0 Å². The first-order valence-corrected chi connectivity index (χ1v) is 7.94. The van der Waals surface area contributed by atoms with Gasteiger partial charge in [-0.1, -0.05) is 6.07 Å². The second-order valence-electron chi connectivity index (χ2n) is 5.89. The maximum atomic E-state index is 12.3. The predicted molar refractivity (Wildman–Crippen MR) is 95.4 cm³/mol. The molecule has 124 valence electrons. The smallest absolute Gasteiger partial charge is 0.252 e. The van der Waals surface area contributed by atoms with Gasteiger partial charge in [0.15, 0.2) is 0 Å². The molecule has 0 aliphatic rings. The molecule has 24 heavy (non-hydrogen) atoms. The first-order chi connectivity index (χ1) is 11.7. The molecule has 5 heteroatoms. The normalized spacial score (nSPS) is 11.1. The average Bonchev–Trinajstić information content (AvgIpc) is 2.61. The lowest BCUT2D eigenvalue weighted by Crippen LogP contribution is -2.25. The van der Waals surface area contributed by atoms with Crippen LogP contribution in [0, 0.1) is 0 Å². The van der Waals surface area contributed by atoms with Gasteiger partial charge in [-0.3, -0.25) is 9.78 Å². The molecule has 2 heterocycles. The predicted octanol–water partition coefficient (Wildman–Crippen LogP) is 2.61. The number of pyridine rings is 2. The molecule has 0 amide bonds. The van der Waals surface area contributed by atoms with Gasteiger partial charge in [-0.25, -0.2) is 0 Å². The highest BCUT2D eigenvalue weighted by atomic mass is 16.5. The van der Waals surface area contributed by atoms with E-state index in [0.717, 1.165) is 40.9 Å². The van der Waals surface area contributed by atoms with Crippen LogP contribution in [-0.2, 0) is 13.0 Å². The minimum absolute atomic E-state index is 0.0441. The Bertz CT molecular complexity index is 875. The lowest BCUT2D eigenvalue weighted by Gasteiger charge is -2.16. The third-order valence-corrected chi connectivity index (χ3v) is 4.04. The molecule has 0 aliphatic heterocycles. The van der Waals surface area contributed by atoms with Crippen LogP contribution in [0.1, 0.15) is 11.3 Å². The van der Waals surface area contributed by atoms with Gasteiger partial charge >= 0.3 is 0 Å². The molecule has 0 radical (unpaired) electrons. The van der Waals surface area contributed by atoms with E-state index in [1.165, 1.54) is 0 Å². The van der Waals surface area contributed by atoms with Crippen molar-refractivity contribution in [3.63, 3.8) is 0 Å². The van der Waals surface area contributed by atoms with Crippen LogP contribution in [0.25, 0.3) is 10.9 Å². The summed E-state index contributed by atoms with van der Waals surface area (Å²) in [6.45, 7) is 1.43. The monoisotopic (exact) mass is 323 g/mol. The summed E-state index contributed by atoms with van der Waals surface area (Å²) in [4.78, 5) is 21.7. The number of rotatable bonds is 6. The van der Waals surface area contributed by atoms with E-state index in [-0.39, 0.29) is 5.56 Å². The third-order valence-electron chi connectivity index (χ3n) is 4.04. The molecular weight excluding hydrogens is 302 g/mol. The first-order valence-electron chi connectivity index (χ1n) is 7.94.